The number of urea groups is 1. The minimum Gasteiger partial charge on any atom is -0.497 e. The lowest BCUT2D eigenvalue weighted by atomic mass is 10.0. The van der Waals surface area contributed by atoms with E-state index in [4.69, 9.17) is 4.74 Å². The molecule has 0 bridgehead atoms. The van der Waals surface area contributed by atoms with Crippen LogP contribution in [0.1, 0.15) is 13.8 Å². The van der Waals surface area contributed by atoms with Crippen molar-refractivity contribution in [3.8, 4) is 5.75 Å². The maximum absolute atomic E-state index is 12.7. The Morgan fingerprint density at radius 3 is 2.31 bits per heavy atom. The molecule has 2 aromatic rings. The number of nitrogens with one attached hydrogen (secondary N) is 2. The maximum atomic E-state index is 12.7. The van der Waals surface area contributed by atoms with Crippen molar-refractivity contribution in [1.82, 2.24) is 4.72 Å². The number of nitrogens with zero attached hydrogens (tertiary/aromatic N) is 2. The van der Waals surface area contributed by atoms with E-state index in [1.807, 2.05) is 0 Å². The average Bonchev–Trinajstić information content (AvgIpc) is 3.05. The van der Waals surface area contributed by atoms with Crippen LogP contribution in [-0.2, 0) is 14.8 Å². The van der Waals surface area contributed by atoms with Crippen molar-refractivity contribution in [2.24, 2.45) is 15.9 Å². The van der Waals surface area contributed by atoms with Gasteiger partial charge < -0.3 is 10.1 Å². The van der Waals surface area contributed by atoms with Crippen LogP contribution in [0.5, 0.6) is 5.75 Å². The van der Waals surface area contributed by atoms with E-state index in [9.17, 15) is 18.0 Å². The molecule has 2 aromatic carbocycles. The summed E-state index contributed by atoms with van der Waals surface area (Å²) in [6.45, 7) is 3.47. The summed E-state index contributed by atoms with van der Waals surface area (Å²) < 4.78 is 32.9. The van der Waals surface area contributed by atoms with Crippen molar-refractivity contribution in [3.05, 3.63) is 53.2 Å². The van der Waals surface area contributed by atoms with Crippen molar-refractivity contribution in [2.75, 3.05) is 12.4 Å². The molecule has 2 N–H and O–H groups in total. The quantitative estimate of drug-likeness (QED) is 0.697. The number of sulfonamides is 1. The van der Waals surface area contributed by atoms with Crippen LogP contribution in [0.2, 0.25) is 0 Å². The van der Waals surface area contributed by atoms with Crippen LogP contribution in [0.4, 0.5) is 10.5 Å². The van der Waals surface area contributed by atoms with Gasteiger partial charge in [0, 0.05) is 5.69 Å². The second kappa shape index (κ2) is 8.10. The number of carbonyl (C=O) groups excluding carboxylic acids is 2. The molecule has 1 atom stereocenters. The maximum Gasteiger partial charge on any atom is 0.368 e. The first-order chi connectivity index (χ1) is 13.7. The Morgan fingerprint density at radius 2 is 1.69 bits per heavy atom. The molecule has 1 aliphatic rings. The number of fused-ring (bicyclic) bond motifs is 1. The molecule has 3 amide bonds. The lowest BCUT2D eigenvalue weighted by molar-refractivity contribution is -0.118. The van der Waals surface area contributed by atoms with Gasteiger partial charge in [-0.3, -0.25) is 4.79 Å². The van der Waals surface area contributed by atoms with E-state index in [1.54, 1.807) is 26.0 Å². The zero-order valence-corrected chi connectivity index (χ0v) is 16.9. The monoisotopic (exact) mass is 416 g/mol. The second-order valence-corrected chi connectivity index (χ2v) is 8.43. The van der Waals surface area contributed by atoms with E-state index in [2.05, 4.69) is 20.0 Å². The van der Waals surface area contributed by atoms with E-state index in [0.717, 1.165) is 0 Å². The van der Waals surface area contributed by atoms with Crippen LogP contribution >= 0.6 is 0 Å². The van der Waals surface area contributed by atoms with E-state index in [0.29, 0.717) is 22.2 Å². The van der Waals surface area contributed by atoms with Gasteiger partial charge in [-0.1, -0.05) is 13.8 Å². The van der Waals surface area contributed by atoms with Gasteiger partial charge in [0.1, 0.15) is 11.8 Å². The molecular weight excluding hydrogens is 396 g/mol. The third-order valence-corrected chi connectivity index (χ3v) is 5.73. The first-order valence-corrected chi connectivity index (χ1v) is 10.3. The lowest BCUT2D eigenvalue weighted by Crippen LogP contribution is -2.47. The molecule has 0 aromatic heterocycles. The van der Waals surface area contributed by atoms with Gasteiger partial charge in [-0.05, 0) is 48.4 Å². The van der Waals surface area contributed by atoms with Crippen LogP contribution in [0.3, 0.4) is 0 Å². The third-order valence-electron chi connectivity index (χ3n) is 4.28. The van der Waals surface area contributed by atoms with Gasteiger partial charge >= 0.3 is 6.03 Å². The molecule has 0 unspecified atom stereocenters. The number of hydrogen-bond donors (Lipinski definition) is 2. The summed E-state index contributed by atoms with van der Waals surface area (Å²) >= 11 is 0. The van der Waals surface area contributed by atoms with Crippen LogP contribution in [-0.4, -0.2) is 33.5 Å². The Morgan fingerprint density at radius 1 is 1.03 bits per heavy atom. The molecular formula is C19H20N4O5S. The predicted molar refractivity (Wildman–Crippen MR) is 105 cm³/mol. The van der Waals surface area contributed by atoms with E-state index >= 15 is 0 Å². The smallest absolute Gasteiger partial charge is 0.368 e. The summed E-state index contributed by atoms with van der Waals surface area (Å²) in [6.07, 6.45) is 0. The van der Waals surface area contributed by atoms with Crippen molar-refractivity contribution >= 4 is 27.6 Å². The third kappa shape index (κ3) is 4.66. The summed E-state index contributed by atoms with van der Waals surface area (Å²) in [7, 11) is -2.44. The van der Waals surface area contributed by atoms with Crippen molar-refractivity contribution in [3.63, 3.8) is 0 Å². The molecule has 3 rings (SSSR count). The summed E-state index contributed by atoms with van der Waals surface area (Å²) in [6, 6.07) is 8.89. The molecule has 29 heavy (non-hydrogen) atoms. The second-order valence-electron chi connectivity index (χ2n) is 6.72. The number of rotatable bonds is 7. The van der Waals surface area contributed by atoms with Gasteiger partial charge in [0.2, 0.25) is 15.9 Å². The standard InChI is InChI=1S/C19H20N4O5S/c1-11(2)17(23-29(26,27)14-7-5-13(28-3)6-8-14)18(24)20-12-4-9-15-16(10-12)22-19(25)21-15/h4-11,17,23H,1-3H3,(H,20,24)/t17-/m0/s1. The topological polar surface area (TPSA) is 126 Å². The number of hydrogen-bond acceptors (Lipinski definition) is 5. The molecule has 0 saturated heterocycles. The molecule has 0 saturated carbocycles. The van der Waals surface area contributed by atoms with Crippen LogP contribution < -0.4 is 25.5 Å². The largest absolute Gasteiger partial charge is 0.497 e. The van der Waals surface area contributed by atoms with Crippen LogP contribution in [0, 0.1) is 5.92 Å². The minimum atomic E-state index is -3.93. The van der Waals surface area contributed by atoms with Crippen LogP contribution in [0.25, 0.3) is 0 Å². The Hall–Kier alpha value is -3.11. The lowest BCUT2D eigenvalue weighted by Gasteiger charge is -2.21. The zero-order valence-electron chi connectivity index (χ0n) is 16.0. The van der Waals surface area contributed by atoms with Gasteiger partial charge in [-0.15, -0.1) is 0 Å². The highest BCUT2D eigenvalue weighted by Gasteiger charge is 2.28. The summed E-state index contributed by atoms with van der Waals surface area (Å²) in [5.74, 6) is -0.327. The fourth-order valence-corrected chi connectivity index (χ4v) is 4.06. The number of carbonyl (C=O) groups is 2. The van der Waals surface area contributed by atoms with E-state index in [-0.39, 0.29) is 10.8 Å². The first kappa shape index (κ1) is 20.6. The highest BCUT2D eigenvalue weighted by atomic mass is 32.2. The first-order valence-electron chi connectivity index (χ1n) is 8.78. The number of methoxy groups -OCH3 is 1. The van der Waals surface area contributed by atoms with Gasteiger partial charge in [0.25, 0.3) is 0 Å². The molecule has 0 fully saturated rings. The highest BCUT2D eigenvalue weighted by Crippen LogP contribution is 2.17. The van der Waals surface area contributed by atoms with Crippen molar-refractivity contribution < 1.29 is 22.7 Å². The van der Waals surface area contributed by atoms with Crippen molar-refractivity contribution in [1.29, 1.82) is 0 Å². The highest BCUT2D eigenvalue weighted by molar-refractivity contribution is 7.89. The normalized spacial score (nSPS) is 14.0. The fourth-order valence-electron chi connectivity index (χ4n) is 2.72. The van der Waals surface area contributed by atoms with E-state index in [1.165, 1.54) is 37.4 Å². The predicted octanol–water partition coefficient (Wildman–Crippen LogP) is 1.01. The number of amides is 3. The summed E-state index contributed by atoms with van der Waals surface area (Å²) in [4.78, 5) is 31.5. The molecule has 0 radical (unpaired) electrons. The average molecular weight is 416 g/mol. The Kier molecular flexibility index (Phi) is 5.76. The number of ether oxygens (including phenoxy) is 1. The Bertz CT molecular complexity index is 1170. The fraction of sp³-hybridized carbons (Fsp3) is 0.263. The number of benzene rings is 2. The summed E-state index contributed by atoms with van der Waals surface area (Å²) in [5, 5.41) is 3.44. The molecule has 9 nitrogen and oxygen atoms in total. The zero-order chi connectivity index (χ0) is 21.2. The van der Waals surface area contributed by atoms with Gasteiger partial charge in [-0.25, -0.2) is 13.2 Å². The van der Waals surface area contributed by atoms with Crippen molar-refractivity contribution in [2.45, 2.75) is 24.8 Å². The minimum absolute atomic E-state index is 0.0215. The SMILES string of the molecule is COc1ccc(S(=O)(=O)N[C@H](C(=O)Nc2ccc3c(c2)=NC(=O)N=3)C(C)C)cc1. The molecule has 1 aliphatic heterocycles. The van der Waals surface area contributed by atoms with E-state index < -0.39 is 28.0 Å². The Balaban J connectivity index is 1.79. The van der Waals surface area contributed by atoms with Gasteiger partial charge in [0.05, 0.1) is 22.7 Å². The number of anilines is 1. The van der Waals surface area contributed by atoms with Gasteiger partial charge in [0.15, 0.2) is 0 Å². The molecule has 1 heterocycles. The molecule has 10 heteroatoms. The van der Waals surface area contributed by atoms with Gasteiger partial charge in [-0.2, -0.15) is 14.7 Å². The Labute approximate surface area is 167 Å². The molecule has 0 spiro atoms. The molecule has 0 aliphatic carbocycles. The summed E-state index contributed by atoms with van der Waals surface area (Å²) in [5.41, 5.74) is 0.386. The molecule has 152 valence electrons. The van der Waals surface area contributed by atoms with Crippen LogP contribution in [0.15, 0.2) is 57.3 Å².